The van der Waals surface area contributed by atoms with E-state index in [-0.39, 0.29) is 11.2 Å². The van der Waals surface area contributed by atoms with E-state index in [9.17, 15) is 13.6 Å². The molecule has 0 radical (unpaired) electrons. The first kappa shape index (κ1) is 16.7. The molecule has 4 nitrogen and oxygen atoms in total. The van der Waals surface area contributed by atoms with Gasteiger partial charge in [0.2, 0.25) is 5.91 Å². The number of piperidine rings is 1. The molecule has 0 N–H and O–H groups in total. The fourth-order valence-electron chi connectivity index (χ4n) is 4.84. The number of hydrogen-bond acceptors (Lipinski definition) is 3. The van der Waals surface area contributed by atoms with Gasteiger partial charge in [-0.25, -0.2) is 13.8 Å². The molecule has 3 fully saturated rings. The Morgan fingerprint density at radius 3 is 2.40 bits per heavy atom. The number of likely N-dealkylation sites (tertiary alicyclic amines) is 1. The van der Waals surface area contributed by atoms with Crippen LogP contribution in [0.3, 0.4) is 0 Å². The normalized spacial score (nSPS) is 24.3. The van der Waals surface area contributed by atoms with Gasteiger partial charge in [-0.1, -0.05) is 19.3 Å². The maximum atomic E-state index is 14.0. The van der Waals surface area contributed by atoms with Crippen molar-refractivity contribution in [1.82, 2.24) is 9.88 Å². The highest BCUT2D eigenvalue weighted by molar-refractivity contribution is 5.85. The lowest BCUT2D eigenvalue weighted by atomic mass is 9.77. The molecule has 4 rings (SSSR count). The van der Waals surface area contributed by atoms with Crippen LogP contribution >= 0.6 is 0 Å². The van der Waals surface area contributed by atoms with Gasteiger partial charge in [0.15, 0.2) is 11.6 Å². The van der Waals surface area contributed by atoms with E-state index in [4.69, 9.17) is 0 Å². The Kier molecular flexibility index (Phi) is 4.38. The van der Waals surface area contributed by atoms with Crippen LogP contribution in [0.4, 0.5) is 14.6 Å². The van der Waals surface area contributed by atoms with Gasteiger partial charge in [-0.3, -0.25) is 4.79 Å². The second-order valence-corrected chi connectivity index (χ2v) is 7.77. The molecule has 0 unspecified atom stereocenters. The molecule has 3 aliphatic rings. The minimum atomic E-state index is -0.663. The summed E-state index contributed by atoms with van der Waals surface area (Å²) in [5.41, 5.74) is -0.273. The number of pyridine rings is 1. The topological polar surface area (TPSA) is 36.4 Å². The molecular formula is C19H25F2N3O. The molecule has 25 heavy (non-hydrogen) atoms. The van der Waals surface area contributed by atoms with Crippen LogP contribution in [0.15, 0.2) is 12.3 Å². The zero-order valence-corrected chi connectivity index (χ0v) is 14.5. The van der Waals surface area contributed by atoms with Gasteiger partial charge < -0.3 is 9.80 Å². The fraction of sp³-hybridized carbons (Fsp3) is 0.684. The van der Waals surface area contributed by atoms with E-state index in [1.165, 1.54) is 19.3 Å². The van der Waals surface area contributed by atoms with Gasteiger partial charge >= 0.3 is 0 Å². The minimum Gasteiger partial charge on any atom is -0.354 e. The molecule has 0 aromatic carbocycles. The smallest absolute Gasteiger partial charge is 0.229 e. The van der Waals surface area contributed by atoms with E-state index in [0.717, 1.165) is 50.9 Å². The highest BCUT2D eigenvalue weighted by Gasteiger charge is 2.49. The highest BCUT2D eigenvalue weighted by atomic mass is 19.1. The van der Waals surface area contributed by atoms with Crippen LogP contribution in [0, 0.1) is 17.0 Å². The van der Waals surface area contributed by atoms with Crippen molar-refractivity contribution < 1.29 is 13.6 Å². The van der Waals surface area contributed by atoms with Gasteiger partial charge in [-0.15, -0.1) is 0 Å². The molecule has 3 heterocycles. The molecule has 6 heteroatoms. The van der Waals surface area contributed by atoms with E-state index in [0.29, 0.717) is 25.0 Å². The van der Waals surface area contributed by atoms with Crippen LogP contribution in [0.5, 0.6) is 0 Å². The molecule has 1 spiro atoms. The van der Waals surface area contributed by atoms with Gasteiger partial charge in [0.05, 0.1) is 11.6 Å². The lowest BCUT2D eigenvalue weighted by molar-refractivity contribution is -0.139. The fourth-order valence-corrected chi connectivity index (χ4v) is 4.84. The van der Waals surface area contributed by atoms with Crippen LogP contribution in [0.2, 0.25) is 0 Å². The number of carbonyl (C=O) groups excluding carboxylic acids is 1. The molecule has 0 bridgehead atoms. The number of rotatable bonds is 2. The Bertz CT molecular complexity index is 652. The molecular weight excluding hydrogens is 324 g/mol. The lowest BCUT2D eigenvalue weighted by Gasteiger charge is -2.39. The van der Waals surface area contributed by atoms with E-state index < -0.39 is 11.6 Å². The van der Waals surface area contributed by atoms with Gasteiger partial charge in [-0.05, 0) is 32.1 Å². The Labute approximate surface area is 147 Å². The van der Waals surface area contributed by atoms with Crippen molar-refractivity contribution in [3.8, 4) is 0 Å². The molecule has 2 aliphatic heterocycles. The maximum absolute atomic E-state index is 14.0. The molecule has 1 amide bonds. The molecule has 0 atom stereocenters. The zero-order chi connectivity index (χ0) is 17.4. The predicted octanol–water partition coefficient (Wildman–Crippen LogP) is 3.51. The number of carbonyl (C=O) groups is 1. The van der Waals surface area contributed by atoms with Crippen LogP contribution in [0.25, 0.3) is 0 Å². The van der Waals surface area contributed by atoms with E-state index in [1.54, 1.807) is 0 Å². The van der Waals surface area contributed by atoms with Gasteiger partial charge in [0.1, 0.15) is 5.82 Å². The standard InChI is InChI=1S/C19H25F2N3O/c20-14-12-16(21)17(22-13-14)23-9-6-19(7-10-23)8-11-24(18(19)25)15-4-2-1-3-5-15/h12-13,15H,1-11H2. The number of anilines is 1. The van der Waals surface area contributed by atoms with Crippen molar-refractivity contribution in [2.75, 3.05) is 24.5 Å². The molecule has 2 saturated heterocycles. The molecule has 136 valence electrons. The predicted molar refractivity (Wildman–Crippen MR) is 91.2 cm³/mol. The molecule has 1 aromatic heterocycles. The zero-order valence-electron chi connectivity index (χ0n) is 14.5. The average Bonchev–Trinajstić information content (AvgIpc) is 2.93. The van der Waals surface area contributed by atoms with Crippen molar-refractivity contribution in [3.05, 3.63) is 23.9 Å². The SMILES string of the molecule is O=C1N(C2CCCCC2)CCC12CCN(c1ncc(F)cc1F)CC2. The van der Waals surface area contributed by atoms with Gasteiger partial charge in [-0.2, -0.15) is 0 Å². The number of amides is 1. The third-order valence-electron chi connectivity index (χ3n) is 6.37. The van der Waals surface area contributed by atoms with Crippen molar-refractivity contribution in [2.24, 2.45) is 5.41 Å². The first-order valence-corrected chi connectivity index (χ1v) is 9.46. The molecule has 1 aliphatic carbocycles. The summed E-state index contributed by atoms with van der Waals surface area (Å²) >= 11 is 0. The summed E-state index contributed by atoms with van der Waals surface area (Å²) < 4.78 is 27.0. The summed E-state index contributed by atoms with van der Waals surface area (Å²) in [6.45, 7) is 2.06. The van der Waals surface area contributed by atoms with Crippen LogP contribution < -0.4 is 4.90 Å². The third kappa shape index (κ3) is 3.00. The van der Waals surface area contributed by atoms with Crippen molar-refractivity contribution in [2.45, 2.75) is 57.4 Å². The number of hydrogen-bond donors (Lipinski definition) is 0. The minimum absolute atomic E-state index is 0.200. The summed E-state index contributed by atoms with van der Waals surface area (Å²) in [6, 6.07) is 1.30. The summed E-state index contributed by atoms with van der Waals surface area (Å²) in [5, 5.41) is 0. The first-order chi connectivity index (χ1) is 12.1. The Morgan fingerprint density at radius 1 is 1.04 bits per heavy atom. The summed E-state index contributed by atoms with van der Waals surface area (Å²) in [6.07, 6.45) is 9.44. The molecule has 1 saturated carbocycles. The average molecular weight is 349 g/mol. The van der Waals surface area contributed by atoms with Crippen LogP contribution in [0.1, 0.15) is 51.4 Å². The summed E-state index contributed by atoms with van der Waals surface area (Å²) in [5.74, 6) is -0.779. The van der Waals surface area contributed by atoms with Crippen LogP contribution in [-0.2, 0) is 4.79 Å². The van der Waals surface area contributed by atoms with E-state index in [2.05, 4.69) is 9.88 Å². The Balaban J connectivity index is 1.43. The Hall–Kier alpha value is -1.72. The van der Waals surface area contributed by atoms with Gasteiger partial charge in [0.25, 0.3) is 0 Å². The first-order valence-electron chi connectivity index (χ1n) is 9.46. The van der Waals surface area contributed by atoms with E-state index >= 15 is 0 Å². The molecule has 1 aromatic rings. The van der Waals surface area contributed by atoms with Crippen LogP contribution in [-0.4, -0.2) is 41.5 Å². The number of aromatic nitrogens is 1. The number of halogens is 2. The maximum Gasteiger partial charge on any atom is 0.229 e. The van der Waals surface area contributed by atoms with Crippen molar-refractivity contribution in [1.29, 1.82) is 0 Å². The Morgan fingerprint density at radius 2 is 1.72 bits per heavy atom. The third-order valence-corrected chi connectivity index (χ3v) is 6.37. The summed E-state index contributed by atoms with van der Waals surface area (Å²) in [4.78, 5) is 21.0. The van der Waals surface area contributed by atoms with Gasteiger partial charge in [0, 0.05) is 31.7 Å². The highest BCUT2D eigenvalue weighted by Crippen LogP contribution is 2.44. The number of nitrogens with zero attached hydrogens (tertiary/aromatic N) is 3. The second-order valence-electron chi connectivity index (χ2n) is 7.77. The second kappa shape index (κ2) is 6.54. The van der Waals surface area contributed by atoms with Crippen molar-refractivity contribution in [3.63, 3.8) is 0 Å². The van der Waals surface area contributed by atoms with Crippen molar-refractivity contribution >= 4 is 11.7 Å². The quantitative estimate of drug-likeness (QED) is 0.820. The monoisotopic (exact) mass is 349 g/mol. The van der Waals surface area contributed by atoms with E-state index in [1.807, 2.05) is 4.90 Å². The lowest BCUT2D eigenvalue weighted by Crippen LogP contribution is -2.47. The largest absolute Gasteiger partial charge is 0.354 e. The summed E-state index contributed by atoms with van der Waals surface area (Å²) in [7, 11) is 0.